The molecule has 0 radical (unpaired) electrons. The Morgan fingerprint density at radius 3 is 2.69 bits per heavy atom. The van der Waals surface area contributed by atoms with Crippen molar-refractivity contribution in [2.75, 3.05) is 20.1 Å². The summed E-state index contributed by atoms with van der Waals surface area (Å²) in [6.45, 7) is 1.30. The van der Waals surface area contributed by atoms with Gasteiger partial charge >= 0.3 is 0 Å². The largest absolute Gasteiger partial charge is 0.368 e. The van der Waals surface area contributed by atoms with Crippen LogP contribution in [-0.4, -0.2) is 42.9 Å². The smallest absolute Gasteiger partial charge is 0.240 e. The third-order valence-electron chi connectivity index (χ3n) is 2.26. The van der Waals surface area contributed by atoms with Crippen molar-refractivity contribution in [2.24, 2.45) is 5.73 Å². The summed E-state index contributed by atoms with van der Waals surface area (Å²) in [7, 11) is 1.79. The summed E-state index contributed by atoms with van der Waals surface area (Å²) >= 11 is 0. The van der Waals surface area contributed by atoms with Crippen LogP contribution >= 0.6 is 0 Å². The van der Waals surface area contributed by atoms with Crippen molar-refractivity contribution in [3.8, 4) is 0 Å². The van der Waals surface area contributed by atoms with E-state index in [1.807, 2.05) is 0 Å². The third-order valence-corrected chi connectivity index (χ3v) is 2.26. The Kier molecular flexibility index (Phi) is 3.25. The summed E-state index contributed by atoms with van der Waals surface area (Å²) in [5.41, 5.74) is 5.11. The summed E-state index contributed by atoms with van der Waals surface area (Å²) in [5, 5.41) is 2.88. The number of hydrogen-bond donors (Lipinski definition) is 2. The Labute approximate surface area is 77.3 Å². The van der Waals surface area contributed by atoms with Crippen LogP contribution in [-0.2, 0) is 9.59 Å². The lowest BCUT2D eigenvalue weighted by Gasteiger charge is -2.38. The number of nitrogens with one attached hydrogen (secondary N) is 1. The van der Waals surface area contributed by atoms with Crippen LogP contribution in [0.4, 0.5) is 0 Å². The molecule has 13 heavy (non-hydrogen) atoms. The predicted molar refractivity (Wildman–Crippen MR) is 47.9 cm³/mol. The lowest BCUT2D eigenvalue weighted by atomic mass is 10.0. The molecule has 1 unspecified atom stereocenters. The van der Waals surface area contributed by atoms with Gasteiger partial charge in [0.25, 0.3) is 0 Å². The van der Waals surface area contributed by atoms with E-state index in [1.165, 1.54) is 0 Å². The molecule has 1 saturated heterocycles. The molecule has 0 aromatic rings. The molecule has 0 saturated carbocycles. The maximum Gasteiger partial charge on any atom is 0.240 e. The average Bonchev–Trinajstić information content (AvgIpc) is 1.97. The van der Waals surface area contributed by atoms with E-state index in [1.54, 1.807) is 11.9 Å². The van der Waals surface area contributed by atoms with E-state index in [2.05, 4.69) is 5.32 Å². The lowest BCUT2D eigenvalue weighted by Crippen LogP contribution is -2.57. The molecule has 74 valence electrons. The highest BCUT2D eigenvalue weighted by Gasteiger charge is 2.35. The van der Waals surface area contributed by atoms with E-state index < -0.39 is 5.91 Å². The van der Waals surface area contributed by atoms with Crippen LogP contribution in [0, 0.1) is 0 Å². The molecule has 0 bridgehead atoms. The maximum absolute atomic E-state index is 11.4. The van der Waals surface area contributed by atoms with Crippen LogP contribution in [0.3, 0.4) is 0 Å². The normalized spacial score (nSPS) is 21.0. The van der Waals surface area contributed by atoms with Gasteiger partial charge in [0.15, 0.2) is 0 Å². The van der Waals surface area contributed by atoms with Gasteiger partial charge in [-0.15, -0.1) is 0 Å². The van der Waals surface area contributed by atoms with Gasteiger partial charge in [0.05, 0.1) is 0 Å². The van der Waals surface area contributed by atoms with E-state index >= 15 is 0 Å². The number of hydrogen-bond acceptors (Lipinski definition) is 3. The molecule has 1 aliphatic heterocycles. The molecule has 1 rings (SSSR count). The van der Waals surface area contributed by atoms with Gasteiger partial charge in [0.2, 0.25) is 11.8 Å². The number of likely N-dealkylation sites (tertiary alicyclic amines) is 1. The highest BCUT2D eigenvalue weighted by Crippen LogP contribution is 2.17. The summed E-state index contributed by atoms with van der Waals surface area (Å²) < 4.78 is 0. The zero-order chi connectivity index (χ0) is 9.84. The predicted octanol–water partition coefficient (Wildman–Crippen LogP) is -1.32. The van der Waals surface area contributed by atoms with Crippen molar-refractivity contribution in [1.82, 2.24) is 10.2 Å². The molecular formula is C8H15N3O2. The van der Waals surface area contributed by atoms with Crippen LogP contribution in [0.5, 0.6) is 0 Å². The van der Waals surface area contributed by atoms with Crippen LogP contribution in [0.15, 0.2) is 0 Å². The van der Waals surface area contributed by atoms with Crippen molar-refractivity contribution in [3.05, 3.63) is 0 Å². The highest BCUT2D eigenvalue weighted by atomic mass is 16.2. The summed E-state index contributed by atoms with van der Waals surface area (Å²) in [4.78, 5) is 23.7. The molecule has 0 aromatic heterocycles. The minimum absolute atomic E-state index is 0.00407. The quantitative estimate of drug-likeness (QED) is 0.570. The standard InChI is InChI=1S/C8H15N3O2/c1-10-4-2-7(12)11-5-3-6(11)8(9)13/h6,10H,2-5H2,1H3,(H2,9,13). The minimum Gasteiger partial charge on any atom is -0.368 e. The van der Waals surface area contributed by atoms with Gasteiger partial charge in [-0.2, -0.15) is 0 Å². The lowest BCUT2D eigenvalue weighted by molar-refractivity contribution is -0.145. The van der Waals surface area contributed by atoms with Gasteiger partial charge in [-0.25, -0.2) is 0 Å². The second kappa shape index (κ2) is 4.23. The Bertz CT molecular complexity index is 217. The fourth-order valence-corrected chi connectivity index (χ4v) is 1.36. The number of carbonyl (C=O) groups is 2. The molecule has 5 heteroatoms. The summed E-state index contributed by atoms with van der Waals surface area (Å²) in [5.74, 6) is -0.395. The van der Waals surface area contributed by atoms with Gasteiger partial charge in [0, 0.05) is 19.5 Å². The number of rotatable bonds is 4. The highest BCUT2D eigenvalue weighted by molar-refractivity contribution is 5.88. The first-order valence-corrected chi connectivity index (χ1v) is 4.40. The Balaban J connectivity index is 2.35. The van der Waals surface area contributed by atoms with Crippen LogP contribution in [0.1, 0.15) is 12.8 Å². The molecule has 1 heterocycles. The van der Waals surface area contributed by atoms with E-state index in [4.69, 9.17) is 5.73 Å². The molecule has 2 amide bonds. The van der Waals surface area contributed by atoms with Gasteiger partial charge in [-0.3, -0.25) is 9.59 Å². The summed E-state index contributed by atoms with van der Waals surface area (Å²) in [6.07, 6.45) is 1.14. The molecule has 1 atom stereocenters. The molecule has 0 aliphatic carbocycles. The molecule has 1 fully saturated rings. The number of amides is 2. The first-order valence-electron chi connectivity index (χ1n) is 4.40. The summed E-state index contributed by atoms with van der Waals surface area (Å²) in [6, 6.07) is -0.357. The second-order valence-electron chi connectivity index (χ2n) is 3.15. The minimum atomic E-state index is -0.399. The second-order valence-corrected chi connectivity index (χ2v) is 3.15. The molecule has 5 nitrogen and oxygen atoms in total. The van der Waals surface area contributed by atoms with E-state index in [0.717, 1.165) is 0 Å². The van der Waals surface area contributed by atoms with E-state index in [9.17, 15) is 9.59 Å². The number of primary amides is 1. The van der Waals surface area contributed by atoms with Crippen molar-refractivity contribution >= 4 is 11.8 Å². The number of nitrogens with zero attached hydrogens (tertiary/aromatic N) is 1. The molecule has 0 aromatic carbocycles. The van der Waals surface area contributed by atoms with Gasteiger partial charge < -0.3 is 16.0 Å². The van der Waals surface area contributed by atoms with E-state index in [0.29, 0.717) is 25.9 Å². The van der Waals surface area contributed by atoms with Crippen LogP contribution in [0.25, 0.3) is 0 Å². The molecular weight excluding hydrogens is 170 g/mol. The van der Waals surface area contributed by atoms with Crippen molar-refractivity contribution in [1.29, 1.82) is 0 Å². The van der Waals surface area contributed by atoms with Gasteiger partial charge in [0.1, 0.15) is 6.04 Å². The fourth-order valence-electron chi connectivity index (χ4n) is 1.36. The van der Waals surface area contributed by atoms with Crippen LogP contribution in [0.2, 0.25) is 0 Å². The monoisotopic (exact) mass is 185 g/mol. The van der Waals surface area contributed by atoms with Gasteiger partial charge in [-0.05, 0) is 13.5 Å². The van der Waals surface area contributed by atoms with Crippen molar-refractivity contribution in [3.63, 3.8) is 0 Å². The fraction of sp³-hybridized carbons (Fsp3) is 0.750. The Hall–Kier alpha value is -1.10. The van der Waals surface area contributed by atoms with E-state index in [-0.39, 0.29) is 11.9 Å². The zero-order valence-electron chi connectivity index (χ0n) is 7.75. The Morgan fingerprint density at radius 1 is 1.62 bits per heavy atom. The molecule has 1 aliphatic rings. The third kappa shape index (κ3) is 2.18. The number of carbonyl (C=O) groups excluding carboxylic acids is 2. The topological polar surface area (TPSA) is 75.4 Å². The maximum atomic E-state index is 11.4. The zero-order valence-corrected chi connectivity index (χ0v) is 7.75. The number of nitrogens with two attached hydrogens (primary N) is 1. The SMILES string of the molecule is CNCCC(=O)N1CCC1C(N)=O. The van der Waals surface area contributed by atoms with Crippen LogP contribution < -0.4 is 11.1 Å². The average molecular weight is 185 g/mol. The Morgan fingerprint density at radius 2 is 2.31 bits per heavy atom. The molecule has 0 spiro atoms. The van der Waals surface area contributed by atoms with Crippen molar-refractivity contribution < 1.29 is 9.59 Å². The first kappa shape index (κ1) is 9.98. The first-order chi connectivity index (χ1) is 6.16. The molecule has 3 N–H and O–H groups in total. The van der Waals surface area contributed by atoms with Crippen molar-refractivity contribution in [2.45, 2.75) is 18.9 Å². The van der Waals surface area contributed by atoms with Gasteiger partial charge in [-0.1, -0.05) is 0 Å².